The molecule has 0 N–H and O–H groups in total. The van der Waals surface area contributed by atoms with Gasteiger partial charge in [0.25, 0.3) is 0 Å². The number of aryl methyl sites for hydroxylation is 1. The molecule has 1 aliphatic rings. The maximum atomic E-state index is 13.3. The van der Waals surface area contributed by atoms with Gasteiger partial charge in [-0.2, -0.15) is 0 Å². The molecule has 0 spiro atoms. The van der Waals surface area contributed by atoms with Crippen molar-refractivity contribution in [2.45, 2.75) is 18.2 Å². The lowest BCUT2D eigenvalue weighted by Gasteiger charge is -2.29. The minimum atomic E-state index is 0.109. The van der Waals surface area contributed by atoms with E-state index in [1.54, 1.807) is 30.2 Å². The van der Waals surface area contributed by atoms with Crippen molar-refractivity contribution in [2.75, 3.05) is 57.2 Å². The fourth-order valence-electron chi connectivity index (χ4n) is 3.68. The summed E-state index contributed by atoms with van der Waals surface area (Å²) in [7, 11) is 1.66. The quantitative estimate of drug-likeness (QED) is 0.430. The number of benzene rings is 2. The molecule has 4 rings (SSSR count). The summed E-state index contributed by atoms with van der Waals surface area (Å²) < 4.78 is 12.1. The maximum absolute atomic E-state index is 13.3. The number of ether oxygens (including phenoxy) is 2. The number of amides is 1. The van der Waals surface area contributed by atoms with Gasteiger partial charge in [-0.05, 0) is 30.7 Å². The molecule has 1 fully saturated rings. The number of thioether (sulfide) groups is 1. The van der Waals surface area contributed by atoms with Crippen LogP contribution < -0.4 is 9.64 Å². The summed E-state index contributed by atoms with van der Waals surface area (Å²) in [5.74, 6) is 1.59. The summed E-state index contributed by atoms with van der Waals surface area (Å²) in [6, 6.07) is 14.2. The molecule has 0 radical (unpaired) electrons. The minimum absolute atomic E-state index is 0.109. The number of fused-ring (bicyclic) bond motifs is 1. The first kappa shape index (κ1) is 23.0. The molecule has 2 aromatic carbocycles. The van der Waals surface area contributed by atoms with Gasteiger partial charge in [-0.3, -0.25) is 14.6 Å². The smallest absolute Gasteiger partial charge is 0.229 e. The summed E-state index contributed by atoms with van der Waals surface area (Å²) in [6.07, 6.45) is 0.467. The lowest BCUT2D eigenvalue weighted by Crippen LogP contribution is -2.43. The number of aromatic nitrogens is 1. The van der Waals surface area contributed by atoms with E-state index in [1.807, 2.05) is 35.2 Å². The number of carbonyl (C=O) groups excluding carboxylic acids is 1. The van der Waals surface area contributed by atoms with E-state index in [-0.39, 0.29) is 5.91 Å². The van der Waals surface area contributed by atoms with Gasteiger partial charge in [0.05, 0.1) is 25.0 Å². The van der Waals surface area contributed by atoms with E-state index in [1.165, 1.54) is 4.90 Å². The Balaban J connectivity index is 1.52. The third-order valence-electron chi connectivity index (χ3n) is 5.52. The first-order valence-electron chi connectivity index (χ1n) is 10.9. The fraction of sp³-hybridized carbons (Fsp3) is 0.417. The Morgan fingerprint density at radius 3 is 2.75 bits per heavy atom. The molecule has 8 heteroatoms. The largest absolute Gasteiger partial charge is 0.494 e. The number of nitrogens with zero attached hydrogens (tertiary/aromatic N) is 3. The first-order valence-corrected chi connectivity index (χ1v) is 12.7. The van der Waals surface area contributed by atoms with Crippen LogP contribution in [-0.4, -0.2) is 68.0 Å². The predicted molar refractivity (Wildman–Crippen MR) is 132 cm³/mol. The van der Waals surface area contributed by atoms with Crippen LogP contribution in [0.15, 0.2) is 47.4 Å². The predicted octanol–water partition coefficient (Wildman–Crippen LogP) is 4.46. The van der Waals surface area contributed by atoms with Gasteiger partial charge in [-0.25, -0.2) is 4.98 Å². The van der Waals surface area contributed by atoms with Gasteiger partial charge in [0.2, 0.25) is 5.91 Å². The molecule has 1 aromatic heterocycles. The van der Waals surface area contributed by atoms with Crippen LogP contribution in [0, 0.1) is 6.92 Å². The highest BCUT2D eigenvalue weighted by atomic mass is 32.2. The third-order valence-corrected chi connectivity index (χ3v) is 7.74. The Morgan fingerprint density at radius 1 is 1.22 bits per heavy atom. The van der Waals surface area contributed by atoms with Gasteiger partial charge in [0.1, 0.15) is 11.3 Å². The lowest BCUT2D eigenvalue weighted by molar-refractivity contribution is -0.118. The molecule has 0 aliphatic carbocycles. The molecule has 1 amide bonds. The molecule has 6 nitrogen and oxygen atoms in total. The number of carbonyl (C=O) groups is 1. The lowest BCUT2D eigenvalue weighted by atomic mass is 10.2. The molecule has 0 unspecified atom stereocenters. The van der Waals surface area contributed by atoms with E-state index >= 15 is 0 Å². The van der Waals surface area contributed by atoms with Crippen LogP contribution in [0.25, 0.3) is 10.2 Å². The van der Waals surface area contributed by atoms with Crippen LogP contribution in [0.4, 0.5) is 5.13 Å². The monoisotopic (exact) mass is 471 g/mol. The molecule has 32 heavy (non-hydrogen) atoms. The van der Waals surface area contributed by atoms with Crippen molar-refractivity contribution in [3.05, 3.63) is 48.0 Å². The van der Waals surface area contributed by atoms with Crippen molar-refractivity contribution >= 4 is 44.4 Å². The van der Waals surface area contributed by atoms with Crippen LogP contribution in [0.5, 0.6) is 5.75 Å². The Hall–Kier alpha value is -2.13. The van der Waals surface area contributed by atoms with Crippen molar-refractivity contribution in [2.24, 2.45) is 0 Å². The van der Waals surface area contributed by atoms with Crippen LogP contribution in [0.3, 0.4) is 0 Å². The highest BCUT2D eigenvalue weighted by Crippen LogP contribution is 2.36. The van der Waals surface area contributed by atoms with Gasteiger partial charge in [0.15, 0.2) is 5.13 Å². The van der Waals surface area contributed by atoms with Gasteiger partial charge in [-0.15, -0.1) is 11.8 Å². The van der Waals surface area contributed by atoms with E-state index in [0.717, 1.165) is 65.3 Å². The second kappa shape index (κ2) is 11.1. The number of hydrogen-bond donors (Lipinski definition) is 0. The number of anilines is 1. The minimum Gasteiger partial charge on any atom is -0.494 e. The number of hydrogen-bond acceptors (Lipinski definition) is 7. The fourth-order valence-corrected chi connectivity index (χ4v) is 5.64. The molecule has 1 saturated heterocycles. The van der Waals surface area contributed by atoms with E-state index in [2.05, 4.69) is 24.0 Å². The average molecular weight is 472 g/mol. The van der Waals surface area contributed by atoms with Gasteiger partial charge < -0.3 is 9.47 Å². The summed E-state index contributed by atoms with van der Waals surface area (Å²) in [4.78, 5) is 23.6. The highest BCUT2D eigenvalue weighted by Gasteiger charge is 2.23. The Morgan fingerprint density at radius 2 is 2.00 bits per heavy atom. The molecule has 0 atom stereocenters. The number of rotatable bonds is 9. The standard InChI is InChI=1S/C24H29N3O3S2/c1-18-8-9-20(29-2)22-23(18)32-24(25-22)27(12-11-26-13-15-30-16-14-26)21(28)10-17-31-19-6-4-3-5-7-19/h3-9H,10-17H2,1-2H3. The van der Waals surface area contributed by atoms with Crippen molar-refractivity contribution < 1.29 is 14.3 Å². The summed E-state index contributed by atoms with van der Waals surface area (Å²) in [5, 5.41) is 0.746. The summed E-state index contributed by atoms with van der Waals surface area (Å²) in [5.41, 5.74) is 1.97. The molecule has 1 aliphatic heterocycles. The van der Waals surface area contributed by atoms with E-state index in [9.17, 15) is 4.79 Å². The Labute approximate surface area is 197 Å². The second-order valence-corrected chi connectivity index (χ2v) is 9.82. The van der Waals surface area contributed by atoms with Crippen molar-refractivity contribution in [3.8, 4) is 5.75 Å². The van der Waals surface area contributed by atoms with Crippen LogP contribution in [0.2, 0.25) is 0 Å². The second-order valence-electron chi connectivity index (χ2n) is 7.67. The van der Waals surface area contributed by atoms with Crippen LogP contribution >= 0.6 is 23.1 Å². The van der Waals surface area contributed by atoms with Crippen LogP contribution in [-0.2, 0) is 9.53 Å². The van der Waals surface area contributed by atoms with Gasteiger partial charge in [-0.1, -0.05) is 35.6 Å². The van der Waals surface area contributed by atoms with E-state index < -0.39 is 0 Å². The van der Waals surface area contributed by atoms with Crippen molar-refractivity contribution in [1.82, 2.24) is 9.88 Å². The summed E-state index contributed by atoms with van der Waals surface area (Å²) >= 11 is 3.28. The van der Waals surface area contributed by atoms with Crippen molar-refractivity contribution in [1.29, 1.82) is 0 Å². The number of thiazole rings is 1. The maximum Gasteiger partial charge on any atom is 0.229 e. The molecule has 0 saturated carbocycles. The highest BCUT2D eigenvalue weighted by molar-refractivity contribution is 7.99. The Kier molecular flexibility index (Phi) is 8.02. The first-order chi connectivity index (χ1) is 15.7. The topological polar surface area (TPSA) is 54.9 Å². The average Bonchev–Trinajstić information content (AvgIpc) is 3.27. The van der Waals surface area contributed by atoms with Crippen molar-refractivity contribution in [3.63, 3.8) is 0 Å². The van der Waals surface area contributed by atoms with E-state index in [0.29, 0.717) is 13.0 Å². The SMILES string of the molecule is COc1ccc(C)c2sc(N(CCN3CCOCC3)C(=O)CCSc3ccccc3)nc12. The molecular weight excluding hydrogens is 442 g/mol. The zero-order valence-corrected chi connectivity index (χ0v) is 20.2. The summed E-state index contributed by atoms with van der Waals surface area (Å²) in [6.45, 7) is 6.80. The molecular formula is C24H29N3O3S2. The number of morpholine rings is 1. The molecule has 0 bridgehead atoms. The third kappa shape index (κ3) is 5.61. The van der Waals surface area contributed by atoms with Crippen LogP contribution in [0.1, 0.15) is 12.0 Å². The van der Waals surface area contributed by atoms with Gasteiger partial charge in [0, 0.05) is 43.2 Å². The molecule has 2 heterocycles. The normalized spacial score (nSPS) is 14.6. The van der Waals surface area contributed by atoms with E-state index in [4.69, 9.17) is 14.5 Å². The zero-order chi connectivity index (χ0) is 22.3. The van der Waals surface area contributed by atoms with Gasteiger partial charge >= 0.3 is 0 Å². The molecule has 3 aromatic rings. The number of methoxy groups -OCH3 is 1. The Bertz CT molecular complexity index is 1040. The molecule has 170 valence electrons. The zero-order valence-electron chi connectivity index (χ0n) is 18.6.